The molecule has 1 aliphatic carbocycles. The Morgan fingerprint density at radius 2 is 2.07 bits per heavy atom. The van der Waals surface area contributed by atoms with Gasteiger partial charge in [-0.15, -0.1) is 0 Å². The van der Waals surface area contributed by atoms with Crippen LogP contribution in [-0.4, -0.2) is 38.0 Å². The topological polar surface area (TPSA) is 41.5 Å². The molecule has 0 aromatic rings. The Morgan fingerprint density at radius 1 is 1.29 bits per heavy atom. The van der Waals surface area contributed by atoms with Crippen LogP contribution in [0, 0.1) is 5.92 Å². The first-order chi connectivity index (χ1) is 6.86. The first-order valence-corrected chi connectivity index (χ1v) is 5.74. The van der Waals surface area contributed by atoms with Crippen molar-refractivity contribution in [3.63, 3.8) is 0 Å². The summed E-state index contributed by atoms with van der Waals surface area (Å²) >= 11 is 0. The molecule has 1 rings (SSSR count). The van der Waals surface area contributed by atoms with Crippen molar-refractivity contribution >= 4 is 0 Å². The van der Waals surface area contributed by atoms with Gasteiger partial charge in [0.15, 0.2) is 0 Å². The van der Waals surface area contributed by atoms with Gasteiger partial charge in [-0.1, -0.05) is 0 Å². The molecule has 3 heteroatoms. The molecule has 0 amide bonds. The van der Waals surface area contributed by atoms with E-state index in [1.54, 1.807) is 0 Å². The van der Waals surface area contributed by atoms with Gasteiger partial charge in [0.1, 0.15) is 0 Å². The number of rotatable bonds is 8. The summed E-state index contributed by atoms with van der Waals surface area (Å²) in [7, 11) is 2.00. The van der Waals surface area contributed by atoms with Crippen LogP contribution in [0.5, 0.6) is 0 Å². The molecule has 2 N–H and O–H groups in total. The number of hydrogen-bond donors (Lipinski definition) is 2. The van der Waals surface area contributed by atoms with Crippen LogP contribution in [0.2, 0.25) is 0 Å². The fraction of sp³-hybridized carbons (Fsp3) is 1.00. The predicted molar refractivity (Wildman–Crippen MR) is 57.3 cm³/mol. The summed E-state index contributed by atoms with van der Waals surface area (Å²) in [5, 5.41) is 11.8. The van der Waals surface area contributed by atoms with Gasteiger partial charge >= 0.3 is 0 Å². The molecule has 84 valence electrons. The van der Waals surface area contributed by atoms with E-state index in [4.69, 9.17) is 9.84 Å². The molecule has 1 fully saturated rings. The SMILES string of the molecule is CNCC1CC(OCCCCCO)C1. The van der Waals surface area contributed by atoms with E-state index in [-0.39, 0.29) is 0 Å². The summed E-state index contributed by atoms with van der Waals surface area (Å²) < 4.78 is 5.69. The monoisotopic (exact) mass is 201 g/mol. The molecule has 0 unspecified atom stereocenters. The third-order valence-electron chi connectivity index (χ3n) is 2.84. The third-order valence-corrected chi connectivity index (χ3v) is 2.84. The van der Waals surface area contributed by atoms with Crippen molar-refractivity contribution in [2.45, 2.75) is 38.2 Å². The molecule has 0 saturated heterocycles. The largest absolute Gasteiger partial charge is 0.396 e. The van der Waals surface area contributed by atoms with Crippen molar-refractivity contribution < 1.29 is 9.84 Å². The smallest absolute Gasteiger partial charge is 0.0581 e. The van der Waals surface area contributed by atoms with Gasteiger partial charge in [-0.2, -0.15) is 0 Å². The normalized spacial score (nSPS) is 26.1. The minimum Gasteiger partial charge on any atom is -0.396 e. The summed E-state index contributed by atoms with van der Waals surface area (Å²) in [6.45, 7) is 2.31. The molecule has 0 radical (unpaired) electrons. The van der Waals surface area contributed by atoms with E-state index in [9.17, 15) is 0 Å². The maximum Gasteiger partial charge on any atom is 0.0581 e. The lowest BCUT2D eigenvalue weighted by molar-refractivity contribution is -0.0308. The Bertz CT molecular complexity index is 135. The number of aliphatic hydroxyl groups excluding tert-OH is 1. The van der Waals surface area contributed by atoms with Gasteiger partial charge in [-0.05, 0) is 51.6 Å². The molecular formula is C11H23NO2. The van der Waals surface area contributed by atoms with E-state index in [2.05, 4.69) is 5.32 Å². The number of aliphatic hydroxyl groups is 1. The maximum atomic E-state index is 8.58. The van der Waals surface area contributed by atoms with E-state index in [0.29, 0.717) is 12.7 Å². The average molecular weight is 201 g/mol. The Labute approximate surface area is 86.8 Å². The minimum atomic E-state index is 0.313. The first kappa shape index (κ1) is 12.0. The van der Waals surface area contributed by atoms with Crippen LogP contribution >= 0.6 is 0 Å². The van der Waals surface area contributed by atoms with Crippen molar-refractivity contribution in [1.82, 2.24) is 5.32 Å². The Kier molecular flexibility index (Phi) is 6.15. The third kappa shape index (κ3) is 4.40. The highest BCUT2D eigenvalue weighted by atomic mass is 16.5. The van der Waals surface area contributed by atoms with Crippen LogP contribution in [0.3, 0.4) is 0 Å². The highest BCUT2D eigenvalue weighted by Crippen LogP contribution is 2.29. The molecule has 0 spiro atoms. The van der Waals surface area contributed by atoms with E-state index >= 15 is 0 Å². The lowest BCUT2D eigenvalue weighted by atomic mass is 9.82. The van der Waals surface area contributed by atoms with Gasteiger partial charge in [-0.25, -0.2) is 0 Å². The second-order valence-corrected chi connectivity index (χ2v) is 4.17. The minimum absolute atomic E-state index is 0.313. The molecule has 1 saturated carbocycles. The van der Waals surface area contributed by atoms with Crippen LogP contribution in [0.15, 0.2) is 0 Å². The highest BCUT2D eigenvalue weighted by molar-refractivity contribution is 4.81. The van der Waals surface area contributed by atoms with Gasteiger partial charge < -0.3 is 15.2 Å². The molecule has 0 atom stereocenters. The van der Waals surface area contributed by atoms with Crippen LogP contribution in [-0.2, 0) is 4.74 Å². The summed E-state index contributed by atoms with van der Waals surface area (Å²) in [5.74, 6) is 0.836. The quantitative estimate of drug-likeness (QED) is 0.579. The van der Waals surface area contributed by atoms with Crippen molar-refractivity contribution in [3.8, 4) is 0 Å². The Balaban J connectivity index is 1.81. The standard InChI is InChI=1S/C11H23NO2/c1-12-9-10-7-11(8-10)14-6-4-2-3-5-13/h10-13H,2-9H2,1H3. The molecule has 0 aromatic carbocycles. The van der Waals surface area contributed by atoms with Gasteiger partial charge in [0.25, 0.3) is 0 Å². The molecule has 0 heterocycles. The molecule has 3 nitrogen and oxygen atoms in total. The van der Waals surface area contributed by atoms with E-state index in [1.807, 2.05) is 7.05 Å². The van der Waals surface area contributed by atoms with Crippen molar-refractivity contribution in [2.24, 2.45) is 5.92 Å². The number of unbranched alkanes of at least 4 members (excludes halogenated alkanes) is 2. The average Bonchev–Trinajstić information content (AvgIpc) is 2.13. The van der Waals surface area contributed by atoms with Crippen LogP contribution in [0.25, 0.3) is 0 Å². The zero-order valence-corrected chi connectivity index (χ0v) is 9.17. The first-order valence-electron chi connectivity index (χ1n) is 5.74. The van der Waals surface area contributed by atoms with E-state index in [1.165, 1.54) is 12.8 Å². The lowest BCUT2D eigenvalue weighted by Gasteiger charge is -2.35. The van der Waals surface area contributed by atoms with Gasteiger partial charge in [0, 0.05) is 13.2 Å². The fourth-order valence-electron chi connectivity index (χ4n) is 1.91. The number of ether oxygens (including phenoxy) is 1. The summed E-state index contributed by atoms with van der Waals surface area (Å²) in [5.41, 5.74) is 0. The predicted octanol–water partition coefficient (Wildman–Crippen LogP) is 1.16. The summed E-state index contributed by atoms with van der Waals surface area (Å²) in [6.07, 6.45) is 6.05. The second kappa shape index (κ2) is 7.21. The zero-order chi connectivity index (χ0) is 10.2. The van der Waals surface area contributed by atoms with Crippen LogP contribution < -0.4 is 5.32 Å². The summed E-state index contributed by atoms with van der Waals surface area (Å²) in [4.78, 5) is 0. The second-order valence-electron chi connectivity index (χ2n) is 4.17. The molecule has 14 heavy (non-hydrogen) atoms. The highest BCUT2D eigenvalue weighted by Gasteiger charge is 2.28. The Hall–Kier alpha value is -0.120. The van der Waals surface area contributed by atoms with Crippen molar-refractivity contribution in [1.29, 1.82) is 0 Å². The maximum absolute atomic E-state index is 8.58. The Morgan fingerprint density at radius 3 is 2.71 bits per heavy atom. The lowest BCUT2D eigenvalue weighted by Crippen LogP contribution is -2.37. The molecular weight excluding hydrogens is 178 g/mol. The van der Waals surface area contributed by atoms with Crippen molar-refractivity contribution in [3.05, 3.63) is 0 Å². The van der Waals surface area contributed by atoms with E-state index < -0.39 is 0 Å². The molecule has 0 bridgehead atoms. The van der Waals surface area contributed by atoms with Crippen molar-refractivity contribution in [2.75, 3.05) is 26.8 Å². The van der Waals surface area contributed by atoms with Gasteiger partial charge in [0.2, 0.25) is 0 Å². The molecule has 1 aliphatic rings. The number of nitrogens with one attached hydrogen (secondary N) is 1. The fourth-order valence-corrected chi connectivity index (χ4v) is 1.91. The zero-order valence-electron chi connectivity index (χ0n) is 9.17. The summed E-state index contributed by atoms with van der Waals surface area (Å²) in [6, 6.07) is 0. The van der Waals surface area contributed by atoms with Gasteiger partial charge in [-0.3, -0.25) is 0 Å². The molecule has 0 aliphatic heterocycles. The van der Waals surface area contributed by atoms with Gasteiger partial charge in [0.05, 0.1) is 6.10 Å². The molecule has 0 aromatic heterocycles. The number of hydrogen-bond acceptors (Lipinski definition) is 3. The van der Waals surface area contributed by atoms with E-state index in [0.717, 1.165) is 38.3 Å². The van der Waals surface area contributed by atoms with Crippen LogP contribution in [0.4, 0.5) is 0 Å². The van der Waals surface area contributed by atoms with Crippen LogP contribution in [0.1, 0.15) is 32.1 Å².